The van der Waals surface area contributed by atoms with E-state index in [1.165, 1.54) is 0 Å². The fourth-order valence-electron chi connectivity index (χ4n) is 2.04. The number of benzene rings is 1. The second-order valence-corrected chi connectivity index (χ2v) is 4.74. The number of carbonyl (C=O) groups is 1. The Morgan fingerprint density at radius 3 is 2.77 bits per heavy atom. The summed E-state index contributed by atoms with van der Waals surface area (Å²) in [6.07, 6.45) is 2.38. The van der Waals surface area contributed by atoms with Crippen LogP contribution in [0, 0.1) is 0 Å². The average molecular weight is 295 g/mol. The quantitative estimate of drug-likeness (QED) is 0.626. The number of nitrogens with two attached hydrogens (primary N) is 1. The summed E-state index contributed by atoms with van der Waals surface area (Å²) in [4.78, 5) is 33.4. The molecular formula is C15H13N5O2. The number of nitrogen functional groups attached to an aromatic ring is 1. The van der Waals surface area contributed by atoms with Gasteiger partial charge in [-0.25, -0.2) is 4.98 Å². The molecule has 3 aromatic rings. The van der Waals surface area contributed by atoms with Crippen LogP contribution in [0.4, 0.5) is 11.5 Å². The van der Waals surface area contributed by atoms with Crippen LogP contribution >= 0.6 is 0 Å². The number of fused-ring (bicyclic) bond motifs is 1. The lowest BCUT2D eigenvalue weighted by atomic mass is 10.2. The van der Waals surface area contributed by atoms with Crippen molar-refractivity contribution in [3.8, 4) is 0 Å². The number of carbonyl (C=O) groups excluding carboxylic acids is 1. The Kier molecular flexibility index (Phi) is 3.53. The summed E-state index contributed by atoms with van der Waals surface area (Å²) in [6.45, 7) is 0.410. The van der Waals surface area contributed by atoms with E-state index in [4.69, 9.17) is 5.73 Å². The number of nitrogens with one attached hydrogen (secondary N) is 2. The molecular weight excluding hydrogens is 282 g/mol. The predicted molar refractivity (Wildman–Crippen MR) is 83.7 cm³/mol. The number of hydrogen-bond donors (Lipinski definition) is 3. The van der Waals surface area contributed by atoms with Crippen LogP contribution in [-0.4, -0.2) is 21.2 Å². The standard InChI is InChI=1S/C15H13N5O2/c16-13-5-12-14(15(22)20-13)19-11(7-18-12)6-17-10-3-1-9(8-21)2-4-10/h1-5,7-8,17H,6H2,(H3,16,20,22). The molecule has 7 heteroatoms. The number of aromatic nitrogens is 3. The minimum atomic E-state index is -0.361. The van der Waals surface area contributed by atoms with Crippen molar-refractivity contribution in [2.24, 2.45) is 0 Å². The number of anilines is 2. The Balaban J connectivity index is 1.81. The molecule has 3 rings (SSSR count). The first-order valence-electron chi connectivity index (χ1n) is 6.59. The fraction of sp³-hybridized carbons (Fsp3) is 0.0667. The molecule has 1 aromatic carbocycles. The number of pyridine rings is 1. The number of nitrogens with zero attached hydrogens (tertiary/aromatic N) is 2. The van der Waals surface area contributed by atoms with Gasteiger partial charge in [0.25, 0.3) is 5.56 Å². The lowest BCUT2D eigenvalue weighted by molar-refractivity contribution is 0.112. The molecule has 0 amide bonds. The molecule has 0 fully saturated rings. The van der Waals surface area contributed by atoms with Gasteiger partial charge in [-0.1, -0.05) is 0 Å². The van der Waals surface area contributed by atoms with Crippen LogP contribution < -0.4 is 16.6 Å². The number of aromatic amines is 1. The van der Waals surface area contributed by atoms with Crippen molar-refractivity contribution < 1.29 is 4.79 Å². The van der Waals surface area contributed by atoms with E-state index >= 15 is 0 Å². The lowest BCUT2D eigenvalue weighted by Gasteiger charge is -2.06. The van der Waals surface area contributed by atoms with Crippen LogP contribution in [-0.2, 0) is 6.54 Å². The number of aldehydes is 1. The molecule has 0 spiro atoms. The van der Waals surface area contributed by atoms with Gasteiger partial charge < -0.3 is 16.0 Å². The van der Waals surface area contributed by atoms with E-state index in [1.54, 1.807) is 36.5 Å². The summed E-state index contributed by atoms with van der Waals surface area (Å²) in [5.41, 5.74) is 8.00. The van der Waals surface area contributed by atoms with Crippen LogP contribution in [0.25, 0.3) is 11.0 Å². The van der Waals surface area contributed by atoms with E-state index in [1.807, 2.05) is 0 Å². The summed E-state index contributed by atoms with van der Waals surface area (Å²) >= 11 is 0. The largest absolute Gasteiger partial charge is 0.385 e. The van der Waals surface area contributed by atoms with Gasteiger partial charge in [-0.15, -0.1) is 0 Å². The van der Waals surface area contributed by atoms with Gasteiger partial charge in [0, 0.05) is 17.3 Å². The Morgan fingerprint density at radius 2 is 2.05 bits per heavy atom. The van der Waals surface area contributed by atoms with Gasteiger partial charge in [-0.3, -0.25) is 14.6 Å². The smallest absolute Gasteiger partial charge is 0.277 e. The van der Waals surface area contributed by atoms with Crippen LogP contribution in [0.3, 0.4) is 0 Å². The van der Waals surface area contributed by atoms with Gasteiger partial charge in [0.2, 0.25) is 0 Å². The third-order valence-electron chi connectivity index (χ3n) is 3.14. The third-order valence-corrected chi connectivity index (χ3v) is 3.14. The summed E-state index contributed by atoms with van der Waals surface area (Å²) in [5.74, 6) is 0.257. The minimum absolute atomic E-state index is 0.254. The maximum atomic E-state index is 11.8. The van der Waals surface area contributed by atoms with Crippen LogP contribution in [0.15, 0.2) is 41.3 Å². The molecule has 4 N–H and O–H groups in total. The van der Waals surface area contributed by atoms with Gasteiger partial charge in [0.15, 0.2) is 5.52 Å². The van der Waals surface area contributed by atoms with Crippen molar-refractivity contribution in [2.45, 2.75) is 6.54 Å². The van der Waals surface area contributed by atoms with E-state index < -0.39 is 0 Å². The maximum absolute atomic E-state index is 11.8. The Labute approximate surface area is 125 Å². The zero-order valence-electron chi connectivity index (χ0n) is 11.5. The Hall–Kier alpha value is -3.22. The second-order valence-electron chi connectivity index (χ2n) is 4.74. The highest BCUT2D eigenvalue weighted by Gasteiger charge is 2.05. The highest BCUT2D eigenvalue weighted by atomic mass is 16.1. The van der Waals surface area contributed by atoms with E-state index in [0.717, 1.165) is 12.0 Å². The molecule has 0 saturated heterocycles. The molecule has 7 nitrogen and oxygen atoms in total. The molecule has 0 saturated carbocycles. The monoisotopic (exact) mass is 295 g/mol. The van der Waals surface area contributed by atoms with Crippen LogP contribution in [0.1, 0.15) is 16.1 Å². The molecule has 22 heavy (non-hydrogen) atoms. The zero-order chi connectivity index (χ0) is 15.5. The van der Waals surface area contributed by atoms with E-state index in [-0.39, 0.29) is 16.9 Å². The van der Waals surface area contributed by atoms with Gasteiger partial charge in [-0.2, -0.15) is 0 Å². The molecule has 0 radical (unpaired) electrons. The van der Waals surface area contributed by atoms with E-state index in [9.17, 15) is 9.59 Å². The highest BCUT2D eigenvalue weighted by Crippen LogP contribution is 2.11. The molecule has 110 valence electrons. The lowest BCUT2D eigenvalue weighted by Crippen LogP contribution is -2.13. The van der Waals surface area contributed by atoms with Crippen molar-refractivity contribution in [3.63, 3.8) is 0 Å². The third kappa shape index (κ3) is 2.78. The highest BCUT2D eigenvalue weighted by molar-refractivity contribution is 5.76. The molecule has 0 unspecified atom stereocenters. The van der Waals surface area contributed by atoms with Crippen molar-refractivity contribution in [1.82, 2.24) is 15.0 Å². The van der Waals surface area contributed by atoms with Crippen molar-refractivity contribution in [3.05, 3.63) is 58.1 Å². The summed E-state index contributed by atoms with van der Waals surface area (Å²) < 4.78 is 0. The Bertz CT molecular complexity index is 887. The molecule has 0 aliphatic rings. The van der Waals surface area contributed by atoms with Crippen molar-refractivity contribution in [1.29, 1.82) is 0 Å². The maximum Gasteiger partial charge on any atom is 0.277 e. The molecule has 0 aliphatic carbocycles. The number of rotatable bonds is 4. The SMILES string of the molecule is Nc1cc2ncc(CNc3ccc(C=O)cc3)nc2c(=O)[nH]1. The van der Waals surface area contributed by atoms with E-state index in [2.05, 4.69) is 20.3 Å². The van der Waals surface area contributed by atoms with Crippen LogP contribution in [0.5, 0.6) is 0 Å². The fourth-order valence-corrected chi connectivity index (χ4v) is 2.04. The molecule has 2 heterocycles. The molecule has 0 bridgehead atoms. The normalized spacial score (nSPS) is 10.5. The second kappa shape index (κ2) is 5.65. The van der Waals surface area contributed by atoms with E-state index in [0.29, 0.717) is 23.3 Å². The van der Waals surface area contributed by atoms with Gasteiger partial charge >= 0.3 is 0 Å². The summed E-state index contributed by atoms with van der Waals surface area (Å²) in [7, 11) is 0. The average Bonchev–Trinajstić information content (AvgIpc) is 2.53. The first-order valence-corrected chi connectivity index (χ1v) is 6.59. The minimum Gasteiger partial charge on any atom is -0.385 e. The molecule has 0 aliphatic heterocycles. The zero-order valence-corrected chi connectivity index (χ0v) is 11.5. The van der Waals surface area contributed by atoms with Crippen molar-refractivity contribution >= 4 is 28.8 Å². The van der Waals surface area contributed by atoms with Gasteiger partial charge in [-0.05, 0) is 24.3 Å². The Morgan fingerprint density at radius 1 is 1.27 bits per heavy atom. The predicted octanol–water partition coefficient (Wildman–Crippen LogP) is 1.32. The molecule has 0 atom stereocenters. The van der Waals surface area contributed by atoms with Gasteiger partial charge in [0.05, 0.1) is 24.0 Å². The molecule has 2 aromatic heterocycles. The van der Waals surface area contributed by atoms with Crippen molar-refractivity contribution in [2.75, 3.05) is 11.1 Å². The summed E-state index contributed by atoms with van der Waals surface area (Å²) in [6, 6.07) is 8.60. The first-order chi connectivity index (χ1) is 10.7. The van der Waals surface area contributed by atoms with Gasteiger partial charge in [0.1, 0.15) is 12.1 Å². The number of hydrogen-bond acceptors (Lipinski definition) is 6. The first kappa shape index (κ1) is 13.7. The van der Waals surface area contributed by atoms with Crippen LogP contribution in [0.2, 0.25) is 0 Å². The topological polar surface area (TPSA) is 114 Å². The summed E-state index contributed by atoms with van der Waals surface area (Å²) in [5, 5.41) is 3.15. The number of H-pyrrole nitrogens is 1.